The number of hydrogen-bond donors (Lipinski definition) is 0. The molecule has 0 N–H and O–H groups in total. The van der Waals surface area contributed by atoms with Crippen molar-refractivity contribution in [3.63, 3.8) is 0 Å². The molecule has 0 unspecified atom stereocenters. The van der Waals surface area contributed by atoms with Crippen LogP contribution in [0.3, 0.4) is 0 Å². The first kappa shape index (κ1) is 16.4. The third-order valence-electron chi connectivity index (χ3n) is 4.66. The lowest BCUT2D eigenvalue weighted by Crippen LogP contribution is -2.49. The number of methoxy groups -OCH3 is 1. The van der Waals surface area contributed by atoms with Gasteiger partial charge in [0.05, 0.1) is 7.11 Å². The van der Waals surface area contributed by atoms with Crippen molar-refractivity contribution in [2.24, 2.45) is 0 Å². The Morgan fingerprint density at radius 3 is 2.69 bits per heavy atom. The van der Waals surface area contributed by atoms with Crippen LogP contribution in [0.1, 0.15) is 15.9 Å². The molecule has 1 aromatic carbocycles. The summed E-state index contributed by atoms with van der Waals surface area (Å²) in [5.41, 5.74) is 2.91. The summed E-state index contributed by atoms with van der Waals surface area (Å²) in [4.78, 5) is 25.4. The van der Waals surface area contributed by atoms with Gasteiger partial charge in [-0.05, 0) is 42.8 Å². The van der Waals surface area contributed by atoms with Crippen molar-refractivity contribution in [3.05, 3.63) is 47.7 Å². The van der Waals surface area contributed by atoms with Crippen molar-refractivity contribution in [3.8, 4) is 5.75 Å². The maximum absolute atomic E-state index is 12.8. The molecule has 1 amide bonds. The number of nitrogens with zero attached hydrogens (tertiary/aromatic N) is 4. The highest BCUT2D eigenvalue weighted by Gasteiger charge is 2.25. The predicted molar refractivity (Wildman–Crippen MR) is 97.7 cm³/mol. The minimum Gasteiger partial charge on any atom is -0.497 e. The van der Waals surface area contributed by atoms with E-state index in [9.17, 15) is 4.79 Å². The molecule has 7 nitrogen and oxygen atoms in total. The molecule has 1 aliphatic rings. The van der Waals surface area contributed by atoms with Crippen LogP contribution in [0.25, 0.3) is 11.2 Å². The Labute approximate surface area is 151 Å². The Bertz CT molecular complexity index is 912. The van der Waals surface area contributed by atoms with Gasteiger partial charge in [0.15, 0.2) is 5.58 Å². The number of benzene rings is 1. The van der Waals surface area contributed by atoms with Crippen LogP contribution in [0.5, 0.6) is 5.75 Å². The summed E-state index contributed by atoms with van der Waals surface area (Å²) in [6.45, 7) is 4.52. The van der Waals surface area contributed by atoms with Gasteiger partial charge in [0.25, 0.3) is 11.9 Å². The number of rotatable bonds is 3. The lowest BCUT2D eigenvalue weighted by molar-refractivity contribution is 0.0744. The first-order valence-corrected chi connectivity index (χ1v) is 8.56. The number of fused-ring (bicyclic) bond motifs is 1. The molecule has 0 spiro atoms. The highest BCUT2D eigenvalue weighted by molar-refractivity contribution is 5.96. The van der Waals surface area contributed by atoms with E-state index >= 15 is 0 Å². The molecule has 1 fully saturated rings. The maximum atomic E-state index is 12.8. The van der Waals surface area contributed by atoms with E-state index < -0.39 is 0 Å². The van der Waals surface area contributed by atoms with Crippen molar-refractivity contribution < 1.29 is 13.9 Å². The Hall–Kier alpha value is -3.09. The van der Waals surface area contributed by atoms with Gasteiger partial charge < -0.3 is 19.0 Å². The minimum absolute atomic E-state index is 0.0454. The standard InChI is InChI=1S/C19H20N4O3/c1-13-12-14(25-2)5-6-15(13)18(24)22-8-10-23(11-9-22)19-21-17-16(26-19)4-3-7-20-17/h3-7,12H,8-11H2,1-2H3. The van der Waals surface area contributed by atoms with E-state index in [1.165, 1.54) is 0 Å². The highest BCUT2D eigenvalue weighted by atomic mass is 16.5. The molecule has 0 bridgehead atoms. The number of piperazine rings is 1. The van der Waals surface area contributed by atoms with Crippen molar-refractivity contribution in [1.82, 2.24) is 14.9 Å². The Morgan fingerprint density at radius 1 is 1.19 bits per heavy atom. The molecule has 134 valence electrons. The second-order valence-electron chi connectivity index (χ2n) is 6.28. The molecule has 0 radical (unpaired) electrons. The molecule has 2 aromatic heterocycles. The van der Waals surface area contributed by atoms with Crippen LogP contribution in [0.4, 0.5) is 6.01 Å². The molecule has 0 atom stereocenters. The van der Waals surface area contributed by atoms with Gasteiger partial charge >= 0.3 is 0 Å². The first-order chi connectivity index (χ1) is 12.7. The number of carbonyl (C=O) groups is 1. The number of anilines is 1. The number of amides is 1. The smallest absolute Gasteiger partial charge is 0.300 e. The second-order valence-corrected chi connectivity index (χ2v) is 6.28. The third kappa shape index (κ3) is 2.96. The van der Waals surface area contributed by atoms with Crippen LogP contribution in [0.15, 0.2) is 40.9 Å². The summed E-state index contributed by atoms with van der Waals surface area (Å²) in [5, 5.41) is 0. The maximum Gasteiger partial charge on any atom is 0.300 e. The molecule has 1 saturated heterocycles. The highest BCUT2D eigenvalue weighted by Crippen LogP contribution is 2.23. The minimum atomic E-state index is 0.0454. The molecule has 26 heavy (non-hydrogen) atoms. The van der Waals surface area contributed by atoms with Crippen LogP contribution < -0.4 is 9.64 Å². The summed E-state index contributed by atoms with van der Waals surface area (Å²) < 4.78 is 11.0. The fourth-order valence-electron chi connectivity index (χ4n) is 3.17. The molecular weight excluding hydrogens is 332 g/mol. The number of oxazole rings is 1. The lowest BCUT2D eigenvalue weighted by Gasteiger charge is -2.34. The Kier molecular flexibility index (Phi) is 4.20. The Balaban J connectivity index is 1.45. The van der Waals surface area contributed by atoms with E-state index in [0.29, 0.717) is 49.0 Å². The molecule has 1 aliphatic heterocycles. The number of pyridine rings is 1. The lowest BCUT2D eigenvalue weighted by atomic mass is 10.1. The average molecular weight is 352 g/mol. The topological polar surface area (TPSA) is 71.7 Å². The average Bonchev–Trinajstić information content (AvgIpc) is 3.11. The molecule has 3 heterocycles. The first-order valence-electron chi connectivity index (χ1n) is 8.56. The molecular formula is C19H20N4O3. The summed E-state index contributed by atoms with van der Waals surface area (Å²) in [5.74, 6) is 0.803. The van der Waals surface area contributed by atoms with Crippen LogP contribution >= 0.6 is 0 Å². The van der Waals surface area contributed by atoms with Gasteiger partial charge in [-0.1, -0.05) is 0 Å². The van der Waals surface area contributed by atoms with E-state index in [2.05, 4.69) is 9.97 Å². The predicted octanol–water partition coefficient (Wildman–Crippen LogP) is 2.50. The van der Waals surface area contributed by atoms with Crippen molar-refractivity contribution >= 4 is 23.2 Å². The SMILES string of the molecule is COc1ccc(C(=O)N2CCN(c3nc4ncccc4o3)CC2)c(C)c1. The molecule has 0 saturated carbocycles. The monoisotopic (exact) mass is 352 g/mol. The zero-order valence-corrected chi connectivity index (χ0v) is 14.8. The Morgan fingerprint density at radius 2 is 2.00 bits per heavy atom. The zero-order chi connectivity index (χ0) is 18.1. The molecule has 0 aliphatic carbocycles. The van der Waals surface area contributed by atoms with E-state index in [4.69, 9.17) is 9.15 Å². The van der Waals surface area contributed by atoms with E-state index in [1.54, 1.807) is 13.3 Å². The van der Waals surface area contributed by atoms with Crippen LogP contribution in [-0.4, -0.2) is 54.1 Å². The fraction of sp³-hybridized carbons (Fsp3) is 0.316. The van der Waals surface area contributed by atoms with Gasteiger partial charge in [-0.25, -0.2) is 4.98 Å². The number of ether oxygens (including phenoxy) is 1. The van der Waals surface area contributed by atoms with Crippen LogP contribution in [0.2, 0.25) is 0 Å². The zero-order valence-electron chi connectivity index (χ0n) is 14.8. The summed E-state index contributed by atoms with van der Waals surface area (Å²) >= 11 is 0. The van der Waals surface area contributed by atoms with Crippen molar-refractivity contribution in [1.29, 1.82) is 0 Å². The summed E-state index contributed by atoms with van der Waals surface area (Å²) in [6, 6.07) is 9.77. The van der Waals surface area contributed by atoms with E-state index in [-0.39, 0.29) is 5.91 Å². The number of aromatic nitrogens is 2. The number of aryl methyl sites for hydroxylation is 1. The molecule has 3 aromatic rings. The number of hydrogen-bond acceptors (Lipinski definition) is 6. The summed E-state index contributed by atoms with van der Waals surface area (Å²) in [6.07, 6.45) is 1.70. The van der Waals surface area contributed by atoms with Crippen molar-refractivity contribution in [2.45, 2.75) is 6.92 Å². The third-order valence-corrected chi connectivity index (χ3v) is 4.66. The fourth-order valence-corrected chi connectivity index (χ4v) is 3.17. The van der Waals surface area contributed by atoms with Gasteiger partial charge in [0.2, 0.25) is 5.65 Å². The quantitative estimate of drug-likeness (QED) is 0.721. The van der Waals surface area contributed by atoms with Gasteiger partial charge in [0, 0.05) is 37.9 Å². The van der Waals surface area contributed by atoms with Crippen LogP contribution in [-0.2, 0) is 0 Å². The number of carbonyl (C=O) groups excluding carboxylic acids is 1. The van der Waals surface area contributed by atoms with Crippen molar-refractivity contribution in [2.75, 3.05) is 38.2 Å². The van der Waals surface area contributed by atoms with Crippen LogP contribution in [0, 0.1) is 6.92 Å². The van der Waals surface area contributed by atoms with Gasteiger partial charge in [-0.15, -0.1) is 0 Å². The van der Waals surface area contributed by atoms with Gasteiger partial charge in [0.1, 0.15) is 5.75 Å². The van der Waals surface area contributed by atoms with E-state index in [0.717, 1.165) is 11.3 Å². The molecule has 4 rings (SSSR count). The van der Waals surface area contributed by atoms with Gasteiger partial charge in [-0.2, -0.15) is 4.98 Å². The van der Waals surface area contributed by atoms with Gasteiger partial charge in [-0.3, -0.25) is 4.79 Å². The van der Waals surface area contributed by atoms with E-state index in [1.807, 2.05) is 47.1 Å². The summed E-state index contributed by atoms with van der Waals surface area (Å²) in [7, 11) is 1.62. The second kappa shape index (κ2) is 6.67. The normalized spacial score (nSPS) is 14.7. The molecule has 7 heteroatoms. The largest absolute Gasteiger partial charge is 0.497 e.